The van der Waals surface area contributed by atoms with Crippen molar-refractivity contribution in [3.63, 3.8) is 0 Å². The second-order valence-corrected chi connectivity index (χ2v) is 3.53. The third kappa shape index (κ3) is 4.88. The normalized spacial score (nSPS) is 12.6. The zero-order valence-corrected chi connectivity index (χ0v) is 9.26. The largest absolute Gasteiger partial charge is 0.347 e. The van der Waals surface area contributed by atoms with Gasteiger partial charge in [0, 0.05) is 14.1 Å². The van der Waals surface area contributed by atoms with E-state index < -0.39 is 0 Å². The standard InChI is InChI=1S/C10H22N2O/c1-5-7-9(11-8-6-2)10(13)12(3)4/h9,11H,5-8H2,1-4H3. The summed E-state index contributed by atoms with van der Waals surface area (Å²) in [7, 11) is 3.61. The van der Waals surface area contributed by atoms with Crippen LogP contribution in [0.3, 0.4) is 0 Å². The number of hydrogen-bond donors (Lipinski definition) is 1. The summed E-state index contributed by atoms with van der Waals surface area (Å²) in [5, 5.41) is 3.26. The zero-order valence-electron chi connectivity index (χ0n) is 9.26. The van der Waals surface area contributed by atoms with Gasteiger partial charge in [-0.2, -0.15) is 0 Å². The molecular weight excluding hydrogens is 164 g/mol. The van der Waals surface area contributed by atoms with Crippen molar-refractivity contribution in [3.8, 4) is 0 Å². The Hall–Kier alpha value is -0.570. The summed E-state index contributed by atoms with van der Waals surface area (Å²) in [6.45, 7) is 5.13. The van der Waals surface area contributed by atoms with Gasteiger partial charge in [0.2, 0.25) is 5.91 Å². The Kier molecular flexibility index (Phi) is 6.59. The van der Waals surface area contributed by atoms with Gasteiger partial charge >= 0.3 is 0 Å². The molecular formula is C10H22N2O. The molecule has 3 nitrogen and oxygen atoms in total. The van der Waals surface area contributed by atoms with Crippen LogP contribution in [-0.4, -0.2) is 37.5 Å². The fraction of sp³-hybridized carbons (Fsp3) is 0.900. The number of nitrogens with one attached hydrogen (secondary N) is 1. The second kappa shape index (κ2) is 6.89. The lowest BCUT2D eigenvalue weighted by atomic mass is 10.1. The summed E-state index contributed by atoms with van der Waals surface area (Å²) in [5.74, 6) is 0.190. The van der Waals surface area contributed by atoms with Gasteiger partial charge in [0.1, 0.15) is 0 Å². The number of likely N-dealkylation sites (N-methyl/N-ethyl adjacent to an activating group) is 1. The van der Waals surface area contributed by atoms with E-state index >= 15 is 0 Å². The molecule has 0 fully saturated rings. The average molecular weight is 186 g/mol. The molecule has 0 heterocycles. The minimum Gasteiger partial charge on any atom is -0.347 e. The first-order chi connectivity index (χ1) is 6.13. The van der Waals surface area contributed by atoms with E-state index in [2.05, 4.69) is 19.2 Å². The van der Waals surface area contributed by atoms with E-state index in [-0.39, 0.29) is 11.9 Å². The second-order valence-electron chi connectivity index (χ2n) is 3.53. The Labute approximate surface area is 81.5 Å². The summed E-state index contributed by atoms with van der Waals surface area (Å²) in [4.78, 5) is 13.3. The van der Waals surface area contributed by atoms with E-state index in [9.17, 15) is 4.79 Å². The SMILES string of the molecule is CCCNC(CCC)C(=O)N(C)C. The van der Waals surface area contributed by atoms with Crippen molar-refractivity contribution in [1.29, 1.82) is 0 Å². The third-order valence-corrected chi connectivity index (χ3v) is 1.96. The molecule has 0 bridgehead atoms. The first-order valence-corrected chi connectivity index (χ1v) is 5.08. The minimum absolute atomic E-state index is 0.0138. The van der Waals surface area contributed by atoms with Gasteiger partial charge in [0.25, 0.3) is 0 Å². The number of nitrogens with zero attached hydrogens (tertiary/aromatic N) is 1. The molecule has 0 spiro atoms. The number of carbonyl (C=O) groups excluding carboxylic acids is 1. The molecule has 0 aliphatic carbocycles. The molecule has 1 unspecified atom stereocenters. The lowest BCUT2D eigenvalue weighted by Gasteiger charge is -2.20. The molecule has 0 aliphatic heterocycles. The number of hydrogen-bond acceptors (Lipinski definition) is 2. The van der Waals surface area contributed by atoms with E-state index in [0.29, 0.717) is 0 Å². The Balaban J connectivity index is 3.99. The molecule has 0 radical (unpaired) electrons. The lowest BCUT2D eigenvalue weighted by Crippen LogP contribution is -2.43. The smallest absolute Gasteiger partial charge is 0.239 e. The maximum Gasteiger partial charge on any atom is 0.239 e. The molecule has 0 aromatic rings. The molecule has 78 valence electrons. The molecule has 3 heteroatoms. The van der Waals surface area contributed by atoms with Crippen LogP contribution in [0.4, 0.5) is 0 Å². The highest BCUT2D eigenvalue weighted by molar-refractivity contribution is 5.81. The fourth-order valence-corrected chi connectivity index (χ4v) is 1.23. The van der Waals surface area contributed by atoms with Crippen molar-refractivity contribution in [3.05, 3.63) is 0 Å². The average Bonchev–Trinajstić information content (AvgIpc) is 2.11. The first kappa shape index (κ1) is 12.4. The topological polar surface area (TPSA) is 32.3 Å². The predicted octanol–water partition coefficient (Wildman–Crippen LogP) is 1.24. The van der Waals surface area contributed by atoms with Crippen LogP contribution in [-0.2, 0) is 4.79 Å². The molecule has 0 saturated heterocycles. The van der Waals surface area contributed by atoms with Crippen LogP contribution in [0.2, 0.25) is 0 Å². The van der Waals surface area contributed by atoms with Crippen molar-refractivity contribution in [1.82, 2.24) is 10.2 Å². The highest BCUT2D eigenvalue weighted by Crippen LogP contribution is 1.99. The van der Waals surface area contributed by atoms with Gasteiger partial charge in [0.15, 0.2) is 0 Å². The third-order valence-electron chi connectivity index (χ3n) is 1.96. The van der Waals surface area contributed by atoms with Gasteiger partial charge < -0.3 is 10.2 Å². The summed E-state index contributed by atoms with van der Waals surface area (Å²) in [5.41, 5.74) is 0. The van der Waals surface area contributed by atoms with E-state index in [1.54, 1.807) is 19.0 Å². The molecule has 1 amide bonds. The first-order valence-electron chi connectivity index (χ1n) is 5.08. The molecule has 0 rings (SSSR count). The molecule has 0 aromatic carbocycles. The van der Waals surface area contributed by atoms with E-state index in [1.165, 1.54) is 0 Å². The van der Waals surface area contributed by atoms with Crippen LogP contribution in [0, 0.1) is 0 Å². The van der Waals surface area contributed by atoms with Crippen LogP contribution in [0.5, 0.6) is 0 Å². The van der Waals surface area contributed by atoms with Gasteiger partial charge in [0.05, 0.1) is 6.04 Å². The fourth-order valence-electron chi connectivity index (χ4n) is 1.23. The van der Waals surface area contributed by atoms with Crippen LogP contribution in [0.15, 0.2) is 0 Å². The van der Waals surface area contributed by atoms with E-state index in [4.69, 9.17) is 0 Å². The zero-order chi connectivity index (χ0) is 10.3. The minimum atomic E-state index is 0.0138. The van der Waals surface area contributed by atoms with Gasteiger partial charge in [-0.15, -0.1) is 0 Å². The maximum absolute atomic E-state index is 11.6. The summed E-state index contributed by atoms with van der Waals surface area (Å²) in [6.07, 6.45) is 3.04. The molecule has 0 aromatic heterocycles. The monoisotopic (exact) mass is 186 g/mol. The van der Waals surface area contributed by atoms with Crippen LogP contribution >= 0.6 is 0 Å². The Morgan fingerprint density at radius 3 is 2.31 bits per heavy atom. The summed E-state index contributed by atoms with van der Waals surface area (Å²) >= 11 is 0. The van der Waals surface area contributed by atoms with Crippen molar-refractivity contribution in [2.45, 2.75) is 39.2 Å². The van der Waals surface area contributed by atoms with Crippen LogP contribution in [0.25, 0.3) is 0 Å². The van der Waals surface area contributed by atoms with Crippen molar-refractivity contribution < 1.29 is 4.79 Å². The molecule has 1 atom stereocenters. The van der Waals surface area contributed by atoms with Crippen LogP contribution in [0.1, 0.15) is 33.1 Å². The highest BCUT2D eigenvalue weighted by Gasteiger charge is 2.17. The molecule has 13 heavy (non-hydrogen) atoms. The van der Waals surface area contributed by atoms with Crippen LogP contribution < -0.4 is 5.32 Å². The van der Waals surface area contributed by atoms with Gasteiger partial charge in [-0.3, -0.25) is 4.79 Å². The number of rotatable bonds is 6. The van der Waals surface area contributed by atoms with E-state index in [1.807, 2.05) is 0 Å². The van der Waals surface area contributed by atoms with Crippen molar-refractivity contribution in [2.24, 2.45) is 0 Å². The highest BCUT2D eigenvalue weighted by atomic mass is 16.2. The number of carbonyl (C=O) groups is 1. The molecule has 1 N–H and O–H groups in total. The molecule has 0 saturated carbocycles. The van der Waals surface area contributed by atoms with E-state index in [0.717, 1.165) is 25.8 Å². The van der Waals surface area contributed by atoms with Gasteiger partial charge in [-0.25, -0.2) is 0 Å². The van der Waals surface area contributed by atoms with Gasteiger partial charge in [-0.05, 0) is 19.4 Å². The number of amides is 1. The Morgan fingerprint density at radius 1 is 1.31 bits per heavy atom. The lowest BCUT2D eigenvalue weighted by molar-refractivity contribution is -0.131. The summed E-state index contributed by atoms with van der Waals surface area (Å²) in [6, 6.07) is 0.0138. The van der Waals surface area contributed by atoms with Crippen molar-refractivity contribution in [2.75, 3.05) is 20.6 Å². The van der Waals surface area contributed by atoms with Crippen molar-refractivity contribution >= 4 is 5.91 Å². The Morgan fingerprint density at radius 2 is 1.92 bits per heavy atom. The quantitative estimate of drug-likeness (QED) is 0.677. The predicted molar refractivity (Wildman–Crippen MR) is 55.7 cm³/mol. The molecule has 0 aliphatic rings. The summed E-state index contributed by atoms with van der Waals surface area (Å²) < 4.78 is 0. The Bertz CT molecular complexity index is 146. The maximum atomic E-state index is 11.6. The van der Waals surface area contributed by atoms with Gasteiger partial charge in [-0.1, -0.05) is 20.3 Å².